The molecule has 7 heteroatoms. The van der Waals surface area contributed by atoms with Crippen LogP contribution in [-0.2, 0) is 4.74 Å². The molecule has 0 radical (unpaired) electrons. The molecule has 0 aliphatic carbocycles. The summed E-state index contributed by atoms with van der Waals surface area (Å²) in [5, 5.41) is 14.1. The molecular formula is C14H17FN2O4. The van der Waals surface area contributed by atoms with Crippen molar-refractivity contribution in [3.8, 4) is 0 Å². The van der Waals surface area contributed by atoms with Crippen molar-refractivity contribution in [2.24, 2.45) is 0 Å². The Bertz CT molecular complexity index is 556. The van der Waals surface area contributed by atoms with Crippen molar-refractivity contribution < 1.29 is 23.8 Å². The predicted octanol–water partition coefficient (Wildman–Crippen LogP) is 2.21. The highest BCUT2D eigenvalue weighted by atomic mass is 19.1. The summed E-state index contributed by atoms with van der Waals surface area (Å²) in [6.45, 7) is 2.97. The Balaban J connectivity index is 2.02. The van der Waals surface area contributed by atoms with E-state index in [0.29, 0.717) is 13.2 Å². The summed E-state index contributed by atoms with van der Waals surface area (Å²) in [6.07, 6.45) is 1.65. The second kappa shape index (κ2) is 6.09. The first kappa shape index (κ1) is 15.2. The Morgan fingerprint density at radius 3 is 2.81 bits per heavy atom. The lowest BCUT2D eigenvalue weighted by atomic mass is 9.95. The molecule has 0 aromatic heterocycles. The van der Waals surface area contributed by atoms with Crippen molar-refractivity contribution in [1.82, 2.24) is 5.32 Å². The van der Waals surface area contributed by atoms with Gasteiger partial charge in [-0.15, -0.1) is 0 Å². The van der Waals surface area contributed by atoms with Crippen LogP contribution in [0.3, 0.4) is 0 Å². The number of anilines is 1. The van der Waals surface area contributed by atoms with E-state index in [-0.39, 0.29) is 5.69 Å². The fourth-order valence-electron chi connectivity index (χ4n) is 2.24. The molecule has 0 saturated carbocycles. The second-order valence-electron chi connectivity index (χ2n) is 5.30. The first-order valence-electron chi connectivity index (χ1n) is 6.59. The summed E-state index contributed by atoms with van der Waals surface area (Å²) in [5.74, 6) is -2.23. The molecule has 1 aliphatic heterocycles. The highest BCUT2D eigenvalue weighted by molar-refractivity contribution is 5.93. The molecule has 1 heterocycles. The van der Waals surface area contributed by atoms with Crippen LogP contribution in [-0.4, -0.2) is 35.9 Å². The minimum atomic E-state index is -1.38. The molecule has 1 atom stereocenters. The van der Waals surface area contributed by atoms with Crippen LogP contribution in [0.1, 0.15) is 30.1 Å². The maximum Gasteiger partial charge on any atom is 0.338 e. The van der Waals surface area contributed by atoms with Crippen LogP contribution in [0.15, 0.2) is 18.2 Å². The van der Waals surface area contributed by atoms with Crippen molar-refractivity contribution in [2.45, 2.75) is 25.3 Å². The molecule has 1 aliphatic rings. The van der Waals surface area contributed by atoms with Crippen LogP contribution in [0.4, 0.5) is 14.9 Å². The highest BCUT2D eigenvalue weighted by Gasteiger charge is 2.29. The second-order valence-corrected chi connectivity index (χ2v) is 5.30. The quantitative estimate of drug-likeness (QED) is 0.798. The van der Waals surface area contributed by atoms with Gasteiger partial charge in [-0.2, -0.15) is 0 Å². The van der Waals surface area contributed by atoms with Gasteiger partial charge in [-0.1, -0.05) is 0 Å². The number of carbonyl (C=O) groups is 2. The third-order valence-electron chi connectivity index (χ3n) is 3.31. The predicted molar refractivity (Wildman–Crippen MR) is 74.0 cm³/mol. The zero-order chi connectivity index (χ0) is 15.5. The smallest absolute Gasteiger partial charge is 0.338 e. The van der Waals surface area contributed by atoms with Crippen LogP contribution in [0.5, 0.6) is 0 Å². The summed E-state index contributed by atoms with van der Waals surface area (Å²) < 4.78 is 18.6. The van der Waals surface area contributed by atoms with Crippen molar-refractivity contribution in [3.05, 3.63) is 29.6 Å². The van der Waals surface area contributed by atoms with E-state index in [1.165, 1.54) is 6.07 Å². The third-order valence-corrected chi connectivity index (χ3v) is 3.31. The fourth-order valence-corrected chi connectivity index (χ4v) is 2.24. The Kier molecular flexibility index (Phi) is 4.42. The number of carboxylic acid groups (broad SMARTS) is 1. The minimum absolute atomic E-state index is 0.214. The number of benzene rings is 1. The number of ether oxygens (including phenoxy) is 1. The zero-order valence-corrected chi connectivity index (χ0v) is 11.6. The molecule has 1 fully saturated rings. The van der Waals surface area contributed by atoms with E-state index in [2.05, 4.69) is 10.6 Å². The number of amides is 2. The Hall–Kier alpha value is -2.15. The van der Waals surface area contributed by atoms with Gasteiger partial charge in [0.2, 0.25) is 0 Å². The molecule has 1 unspecified atom stereocenters. The number of hydrogen-bond acceptors (Lipinski definition) is 3. The number of urea groups is 1. The molecule has 1 aromatic carbocycles. The summed E-state index contributed by atoms with van der Waals surface area (Å²) in [4.78, 5) is 22.8. The zero-order valence-electron chi connectivity index (χ0n) is 11.6. The Labute approximate surface area is 121 Å². The van der Waals surface area contributed by atoms with Gasteiger partial charge >= 0.3 is 12.0 Å². The van der Waals surface area contributed by atoms with Gasteiger partial charge in [0.1, 0.15) is 5.82 Å². The monoisotopic (exact) mass is 296 g/mol. The average Bonchev–Trinajstić information content (AvgIpc) is 2.40. The van der Waals surface area contributed by atoms with E-state index in [1.54, 1.807) is 0 Å². The van der Waals surface area contributed by atoms with Gasteiger partial charge in [-0.05, 0) is 38.0 Å². The van der Waals surface area contributed by atoms with E-state index in [4.69, 9.17) is 9.84 Å². The fraction of sp³-hybridized carbons (Fsp3) is 0.429. The summed E-state index contributed by atoms with van der Waals surface area (Å²) in [5.41, 5.74) is -0.732. The van der Waals surface area contributed by atoms with Crippen molar-refractivity contribution in [3.63, 3.8) is 0 Å². The largest absolute Gasteiger partial charge is 0.478 e. The number of carbonyl (C=O) groups excluding carboxylic acids is 1. The van der Waals surface area contributed by atoms with Crippen molar-refractivity contribution in [1.29, 1.82) is 0 Å². The van der Waals surface area contributed by atoms with Crippen molar-refractivity contribution in [2.75, 3.05) is 18.5 Å². The van der Waals surface area contributed by atoms with Gasteiger partial charge in [0.15, 0.2) is 0 Å². The molecule has 3 N–H and O–H groups in total. The summed E-state index contributed by atoms with van der Waals surface area (Å²) in [6, 6.07) is 2.91. The normalized spacial score (nSPS) is 21.6. The van der Waals surface area contributed by atoms with Crippen LogP contribution >= 0.6 is 0 Å². The maximum absolute atomic E-state index is 13.3. The van der Waals surface area contributed by atoms with E-state index in [1.807, 2.05) is 6.92 Å². The number of aromatic carboxylic acids is 1. The lowest BCUT2D eigenvalue weighted by Crippen LogP contribution is -2.52. The van der Waals surface area contributed by atoms with Gasteiger partial charge in [0, 0.05) is 12.3 Å². The number of rotatable bonds is 3. The maximum atomic E-state index is 13.3. The Morgan fingerprint density at radius 2 is 2.19 bits per heavy atom. The number of hydrogen-bond donors (Lipinski definition) is 3. The molecule has 0 bridgehead atoms. The minimum Gasteiger partial charge on any atom is -0.478 e. The van der Waals surface area contributed by atoms with E-state index in [0.717, 1.165) is 25.0 Å². The summed E-state index contributed by atoms with van der Waals surface area (Å²) >= 11 is 0. The molecule has 114 valence electrons. The van der Waals surface area contributed by atoms with Gasteiger partial charge in [-0.25, -0.2) is 14.0 Å². The average molecular weight is 296 g/mol. The van der Waals surface area contributed by atoms with Crippen LogP contribution in [0, 0.1) is 5.82 Å². The summed E-state index contributed by atoms with van der Waals surface area (Å²) in [7, 11) is 0. The van der Waals surface area contributed by atoms with Gasteiger partial charge in [-0.3, -0.25) is 0 Å². The van der Waals surface area contributed by atoms with Gasteiger partial charge in [0.05, 0.1) is 17.7 Å². The topological polar surface area (TPSA) is 87.7 Å². The van der Waals surface area contributed by atoms with Crippen LogP contribution < -0.4 is 10.6 Å². The van der Waals surface area contributed by atoms with E-state index >= 15 is 0 Å². The molecule has 21 heavy (non-hydrogen) atoms. The number of nitrogens with one attached hydrogen (secondary N) is 2. The third kappa shape index (κ3) is 3.91. The molecule has 0 spiro atoms. The molecule has 1 aromatic rings. The molecule has 2 rings (SSSR count). The standard InChI is InChI=1S/C14H17FN2O4/c1-14(5-2-6-21-8-14)17-13(20)16-9-3-4-11(15)10(7-9)12(18)19/h3-4,7H,2,5-6,8H2,1H3,(H,18,19)(H2,16,17,20). The molecular weight excluding hydrogens is 279 g/mol. The van der Waals surface area contributed by atoms with Gasteiger partial charge in [0.25, 0.3) is 0 Å². The lowest BCUT2D eigenvalue weighted by Gasteiger charge is -2.34. The van der Waals surface area contributed by atoms with Crippen LogP contribution in [0.2, 0.25) is 0 Å². The SMILES string of the molecule is CC1(NC(=O)Nc2ccc(F)c(C(=O)O)c2)CCCOC1. The van der Waals surface area contributed by atoms with Gasteiger partial charge < -0.3 is 20.5 Å². The highest BCUT2D eigenvalue weighted by Crippen LogP contribution is 2.19. The molecule has 6 nitrogen and oxygen atoms in total. The molecule has 2 amide bonds. The first-order valence-corrected chi connectivity index (χ1v) is 6.59. The van der Waals surface area contributed by atoms with Crippen LogP contribution in [0.25, 0.3) is 0 Å². The van der Waals surface area contributed by atoms with E-state index < -0.39 is 28.9 Å². The lowest BCUT2D eigenvalue weighted by molar-refractivity contribution is 0.0342. The number of halogens is 1. The van der Waals surface area contributed by atoms with Crippen molar-refractivity contribution >= 4 is 17.7 Å². The molecule has 1 saturated heterocycles. The Morgan fingerprint density at radius 1 is 1.43 bits per heavy atom. The van der Waals surface area contributed by atoms with E-state index in [9.17, 15) is 14.0 Å². The first-order chi connectivity index (χ1) is 9.89. The number of carboxylic acids is 1.